The molecule has 2 atom stereocenters. The van der Waals surface area contributed by atoms with Gasteiger partial charge < -0.3 is 15.7 Å². The summed E-state index contributed by atoms with van der Waals surface area (Å²) < 4.78 is 0. The van der Waals surface area contributed by atoms with Gasteiger partial charge in [0.15, 0.2) is 0 Å². The fourth-order valence-electron chi connectivity index (χ4n) is 1.86. The van der Waals surface area contributed by atoms with Crippen LogP contribution in [-0.4, -0.2) is 36.8 Å². The SMILES string of the molecule is C[C@H](O)CNC(=O)CCC1CCCNC1. The van der Waals surface area contributed by atoms with Gasteiger partial charge in [-0.3, -0.25) is 4.79 Å². The minimum absolute atomic E-state index is 0.0569. The van der Waals surface area contributed by atoms with E-state index in [1.165, 1.54) is 12.8 Å². The number of aliphatic hydroxyl groups excluding tert-OH is 1. The lowest BCUT2D eigenvalue weighted by Crippen LogP contribution is -2.33. The van der Waals surface area contributed by atoms with Gasteiger partial charge in [0.2, 0.25) is 5.91 Å². The molecular weight excluding hydrogens is 192 g/mol. The quantitative estimate of drug-likeness (QED) is 0.615. The van der Waals surface area contributed by atoms with E-state index in [0.29, 0.717) is 18.9 Å². The maximum atomic E-state index is 11.3. The number of hydrogen-bond acceptors (Lipinski definition) is 3. The highest BCUT2D eigenvalue weighted by atomic mass is 16.3. The van der Waals surface area contributed by atoms with Gasteiger partial charge >= 0.3 is 0 Å². The maximum Gasteiger partial charge on any atom is 0.220 e. The van der Waals surface area contributed by atoms with Gasteiger partial charge in [0, 0.05) is 13.0 Å². The Morgan fingerprint density at radius 2 is 2.47 bits per heavy atom. The van der Waals surface area contributed by atoms with Gasteiger partial charge in [0.1, 0.15) is 0 Å². The summed E-state index contributed by atoms with van der Waals surface area (Å²) in [5.74, 6) is 0.706. The van der Waals surface area contributed by atoms with Crippen LogP contribution in [-0.2, 0) is 4.79 Å². The molecule has 0 spiro atoms. The van der Waals surface area contributed by atoms with Crippen LogP contribution < -0.4 is 10.6 Å². The highest BCUT2D eigenvalue weighted by molar-refractivity contribution is 5.75. The second-order valence-electron chi connectivity index (χ2n) is 4.40. The second-order valence-corrected chi connectivity index (χ2v) is 4.40. The van der Waals surface area contributed by atoms with Crippen LogP contribution in [0, 0.1) is 5.92 Å². The van der Waals surface area contributed by atoms with E-state index in [1.807, 2.05) is 0 Å². The van der Waals surface area contributed by atoms with Crippen LogP contribution in [0.25, 0.3) is 0 Å². The number of aliphatic hydroxyl groups is 1. The summed E-state index contributed by atoms with van der Waals surface area (Å²) >= 11 is 0. The van der Waals surface area contributed by atoms with E-state index < -0.39 is 6.10 Å². The third kappa shape index (κ3) is 5.74. The number of rotatable bonds is 5. The largest absolute Gasteiger partial charge is 0.392 e. The van der Waals surface area contributed by atoms with Crippen molar-refractivity contribution in [3.8, 4) is 0 Å². The van der Waals surface area contributed by atoms with Crippen LogP contribution >= 0.6 is 0 Å². The molecule has 1 aliphatic rings. The summed E-state index contributed by atoms with van der Waals surface area (Å²) in [6.07, 6.45) is 3.54. The first kappa shape index (κ1) is 12.5. The van der Waals surface area contributed by atoms with Gasteiger partial charge in [-0.2, -0.15) is 0 Å². The topological polar surface area (TPSA) is 61.4 Å². The molecule has 1 unspecified atom stereocenters. The standard InChI is InChI=1S/C11H22N2O2/c1-9(14)7-13-11(15)5-4-10-3-2-6-12-8-10/h9-10,12,14H,2-8H2,1H3,(H,13,15)/t9-,10?/m0/s1. The van der Waals surface area contributed by atoms with Crippen LogP contribution in [0.1, 0.15) is 32.6 Å². The number of piperidine rings is 1. The molecule has 0 bridgehead atoms. The van der Waals surface area contributed by atoms with Crippen molar-refractivity contribution >= 4 is 5.91 Å². The molecule has 1 rings (SSSR count). The summed E-state index contributed by atoms with van der Waals surface area (Å²) in [6.45, 7) is 4.20. The monoisotopic (exact) mass is 214 g/mol. The summed E-state index contributed by atoms with van der Waals surface area (Å²) in [5.41, 5.74) is 0. The molecule has 1 amide bonds. The van der Waals surface area contributed by atoms with Crippen molar-refractivity contribution < 1.29 is 9.90 Å². The molecule has 0 aromatic heterocycles. The second kappa shape index (κ2) is 6.80. The van der Waals surface area contributed by atoms with Crippen molar-refractivity contribution in [2.45, 2.75) is 38.7 Å². The van der Waals surface area contributed by atoms with Gasteiger partial charge in [0.05, 0.1) is 6.10 Å². The molecule has 15 heavy (non-hydrogen) atoms. The van der Waals surface area contributed by atoms with Crippen LogP contribution in [0.4, 0.5) is 0 Å². The fourth-order valence-corrected chi connectivity index (χ4v) is 1.86. The molecule has 88 valence electrons. The highest BCUT2D eigenvalue weighted by Gasteiger charge is 2.14. The molecule has 1 fully saturated rings. The maximum absolute atomic E-state index is 11.3. The first-order chi connectivity index (χ1) is 7.18. The molecule has 4 heteroatoms. The third-order valence-corrected chi connectivity index (χ3v) is 2.77. The molecule has 4 nitrogen and oxygen atoms in total. The molecule has 3 N–H and O–H groups in total. The molecule has 0 aliphatic carbocycles. The van der Waals surface area contributed by atoms with E-state index in [1.54, 1.807) is 6.92 Å². The van der Waals surface area contributed by atoms with Crippen LogP contribution in [0.3, 0.4) is 0 Å². The smallest absolute Gasteiger partial charge is 0.220 e. The van der Waals surface area contributed by atoms with Crippen LogP contribution in [0.5, 0.6) is 0 Å². The molecule has 0 saturated carbocycles. The van der Waals surface area contributed by atoms with Crippen molar-refractivity contribution in [3.05, 3.63) is 0 Å². The van der Waals surface area contributed by atoms with E-state index in [9.17, 15) is 4.79 Å². The lowest BCUT2D eigenvalue weighted by molar-refractivity contribution is -0.121. The summed E-state index contributed by atoms with van der Waals surface area (Å²) in [7, 11) is 0. The van der Waals surface area contributed by atoms with Crippen molar-refractivity contribution in [3.63, 3.8) is 0 Å². The number of amides is 1. The molecule has 0 aromatic rings. The molecule has 1 aliphatic heterocycles. The summed E-state index contributed by atoms with van der Waals surface area (Å²) in [6, 6.07) is 0. The van der Waals surface area contributed by atoms with E-state index in [0.717, 1.165) is 19.5 Å². The lowest BCUT2D eigenvalue weighted by Gasteiger charge is -2.22. The van der Waals surface area contributed by atoms with Gasteiger partial charge in [-0.05, 0) is 45.2 Å². The first-order valence-corrected chi connectivity index (χ1v) is 5.84. The van der Waals surface area contributed by atoms with E-state index in [4.69, 9.17) is 5.11 Å². The molecule has 0 radical (unpaired) electrons. The zero-order valence-corrected chi connectivity index (χ0v) is 9.46. The normalized spacial score (nSPS) is 23.5. The minimum atomic E-state index is -0.453. The zero-order valence-electron chi connectivity index (χ0n) is 9.46. The molecule has 1 saturated heterocycles. The predicted molar refractivity (Wildman–Crippen MR) is 59.5 cm³/mol. The number of nitrogens with one attached hydrogen (secondary N) is 2. The highest BCUT2D eigenvalue weighted by Crippen LogP contribution is 2.15. The number of hydrogen-bond donors (Lipinski definition) is 3. The average Bonchev–Trinajstić information content (AvgIpc) is 2.25. The van der Waals surface area contributed by atoms with Gasteiger partial charge in [-0.15, -0.1) is 0 Å². The third-order valence-electron chi connectivity index (χ3n) is 2.77. The number of carbonyl (C=O) groups excluding carboxylic acids is 1. The van der Waals surface area contributed by atoms with Crippen molar-refractivity contribution in [1.82, 2.24) is 10.6 Å². The fraction of sp³-hybridized carbons (Fsp3) is 0.909. The van der Waals surface area contributed by atoms with Crippen LogP contribution in [0.15, 0.2) is 0 Å². The van der Waals surface area contributed by atoms with Crippen molar-refractivity contribution in [2.75, 3.05) is 19.6 Å². The number of carbonyl (C=O) groups is 1. The van der Waals surface area contributed by atoms with Crippen molar-refractivity contribution in [1.29, 1.82) is 0 Å². The van der Waals surface area contributed by atoms with Gasteiger partial charge in [-0.1, -0.05) is 0 Å². The molecule has 1 heterocycles. The minimum Gasteiger partial charge on any atom is -0.392 e. The summed E-state index contributed by atoms with van der Waals surface area (Å²) in [5, 5.41) is 15.0. The lowest BCUT2D eigenvalue weighted by atomic mass is 9.94. The Bertz CT molecular complexity index is 189. The Labute approximate surface area is 91.4 Å². The molecule has 0 aromatic carbocycles. The Kier molecular flexibility index (Phi) is 5.65. The van der Waals surface area contributed by atoms with Gasteiger partial charge in [-0.25, -0.2) is 0 Å². The Morgan fingerprint density at radius 1 is 1.67 bits per heavy atom. The Balaban J connectivity index is 2.05. The Hall–Kier alpha value is -0.610. The zero-order chi connectivity index (χ0) is 11.1. The van der Waals surface area contributed by atoms with Gasteiger partial charge in [0.25, 0.3) is 0 Å². The van der Waals surface area contributed by atoms with E-state index >= 15 is 0 Å². The Morgan fingerprint density at radius 3 is 3.07 bits per heavy atom. The van der Waals surface area contributed by atoms with E-state index in [-0.39, 0.29) is 5.91 Å². The van der Waals surface area contributed by atoms with Crippen LogP contribution in [0.2, 0.25) is 0 Å². The van der Waals surface area contributed by atoms with E-state index in [2.05, 4.69) is 10.6 Å². The first-order valence-electron chi connectivity index (χ1n) is 5.84. The predicted octanol–water partition coefficient (Wildman–Crippen LogP) is 0.263. The molecular formula is C11H22N2O2. The van der Waals surface area contributed by atoms with Crippen molar-refractivity contribution in [2.24, 2.45) is 5.92 Å². The average molecular weight is 214 g/mol. The summed E-state index contributed by atoms with van der Waals surface area (Å²) in [4.78, 5) is 11.3.